The number of imidazole rings is 1. The fraction of sp³-hybridized carbons (Fsp3) is 0.385. The molecule has 0 amide bonds. The third-order valence-electron chi connectivity index (χ3n) is 3.54. The van der Waals surface area contributed by atoms with E-state index in [0.717, 1.165) is 0 Å². The molecule has 0 unspecified atom stereocenters. The number of ether oxygens (including phenoxy) is 3. The Balaban J connectivity index is 1.86. The minimum absolute atomic E-state index is 0.0180. The molecule has 0 saturated carbocycles. The minimum Gasteiger partial charge on any atom is -0.491 e. The first-order valence-corrected chi connectivity index (χ1v) is 6.70. The van der Waals surface area contributed by atoms with Crippen molar-refractivity contribution < 1.29 is 24.1 Å². The number of carbonyl (C=O) groups excluding carboxylic acids is 1. The summed E-state index contributed by atoms with van der Waals surface area (Å²) in [4.78, 5) is 23.8. The molecule has 2 aromatic rings. The van der Waals surface area contributed by atoms with E-state index in [2.05, 4.69) is 15.0 Å². The predicted octanol–water partition coefficient (Wildman–Crippen LogP) is -0.452. The van der Waals surface area contributed by atoms with Gasteiger partial charge in [0.1, 0.15) is 11.8 Å². The van der Waals surface area contributed by atoms with Crippen LogP contribution in [0.25, 0.3) is 11.2 Å². The molecule has 3 heterocycles. The number of hydrogen-bond donors (Lipinski definition) is 2. The fourth-order valence-corrected chi connectivity index (χ4v) is 2.44. The zero-order valence-corrected chi connectivity index (χ0v) is 12.5. The number of nitrogen functional groups attached to an aromatic ring is 1. The van der Waals surface area contributed by atoms with Gasteiger partial charge in [0.25, 0.3) is 5.79 Å². The number of rotatable bonds is 5. The first-order valence-electron chi connectivity index (χ1n) is 6.70. The van der Waals surface area contributed by atoms with Crippen molar-refractivity contribution in [2.24, 2.45) is 0 Å². The third kappa shape index (κ3) is 2.32. The minimum atomic E-state index is -1.91. The van der Waals surface area contributed by atoms with Crippen LogP contribution < -0.4 is 5.73 Å². The Morgan fingerprint density at radius 2 is 2.13 bits per heavy atom. The topological polar surface area (TPSA) is 135 Å². The number of cyclic esters (lactones) is 1. The second kappa shape index (κ2) is 5.39. The lowest BCUT2D eigenvalue weighted by molar-refractivity contribution is -0.194. The summed E-state index contributed by atoms with van der Waals surface area (Å²) in [5, 5.41) is 10.6. The Bertz CT molecular complexity index is 801. The van der Waals surface area contributed by atoms with Crippen LogP contribution in [0, 0.1) is 0 Å². The van der Waals surface area contributed by atoms with Crippen LogP contribution in [0.15, 0.2) is 24.2 Å². The summed E-state index contributed by atoms with van der Waals surface area (Å²) < 4.78 is 16.6. The van der Waals surface area contributed by atoms with Crippen LogP contribution >= 0.6 is 0 Å². The highest BCUT2D eigenvalue weighted by atomic mass is 16.7. The molecule has 0 fully saturated rings. The van der Waals surface area contributed by atoms with Crippen molar-refractivity contribution in [3.63, 3.8) is 0 Å². The molecule has 0 radical (unpaired) electrons. The normalized spacial score (nSPS) is 20.9. The van der Waals surface area contributed by atoms with Crippen molar-refractivity contribution in [2.75, 3.05) is 20.0 Å². The highest BCUT2D eigenvalue weighted by molar-refractivity contribution is 5.90. The highest BCUT2D eigenvalue weighted by Gasteiger charge is 2.49. The van der Waals surface area contributed by atoms with Gasteiger partial charge < -0.3 is 29.6 Å². The van der Waals surface area contributed by atoms with Gasteiger partial charge in [-0.3, -0.25) is 0 Å². The third-order valence-corrected chi connectivity index (χ3v) is 3.54. The largest absolute Gasteiger partial charge is 0.491 e. The molecule has 10 heteroatoms. The molecule has 0 spiro atoms. The van der Waals surface area contributed by atoms with Crippen molar-refractivity contribution in [3.05, 3.63) is 24.2 Å². The maximum Gasteiger partial charge on any atom is 0.380 e. The van der Waals surface area contributed by atoms with Crippen LogP contribution in [0.3, 0.4) is 0 Å². The van der Waals surface area contributed by atoms with Crippen molar-refractivity contribution >= 4 is 23.0 Å². The van der Waals surface area contributed by atoms with E-state index in [4.69, 9.17) is 19.9 Å². The zero-order chi connectivity index (χ0) is 16.6. The highest BCUT2D eigenvalue weighted by Crippen LogP contribution is 2.34. The molecule has 2 aromatic heterocycles. The average Bonchev–Trinajstić information content (AvgIpc) is 3.04. The summed E-state index contributed by atoms with van der Waals surface area (Å²) >= 11 is 0. The number of carbonyl (C=O) groups is 1. The van der Waals surface area contributed by atoms with Gasteiger partial charge in [0, 0.05) is 13.0 Å². The molecule has 1 atom stereocenters. The molecule has 0 aliphatic carbocycles. The van der Waals surface area contributed by atoms with Crippen LogP contribution in [0.2, 0.25) is 0 Å². The Labute approximate surface area is 130 Å². The maximum absolute atomic E-state index is 11.7. The number of esters is 1. The summed E-state index contributed by atoms with van der Waals surface area (Å²) in [6.45, 7) is 0.251. The molecule has 0 saturated heterocycles. The summed E-state index contributed by atoms with van der Waals surface area (Å²) in [7, 11) is 2.62. The molecular formula is C13H15N5O5. The van der Waals surface area contributed by atoms with E-state index in [-0.39, 0.29) is 30.3 Å². The van der Waals surface area contributed by atoms with Crippen LogP contribution in [-0.2, 0) is 25.5 Å². The average molecular weight is 321 g/mol. The second-order valence-corrected chi connectivity index (χ2v) is 4.86. The molecule has 1 aliphatic rings. The van der Waals surface area contributed by atoms with Gasteiger partial charge >= 0.3 is 5.97 Å². The van der Waals surface area contributed by atoms with Crippen molar-refractivity contribution in [1.82, 2.24) is 19.5 Å². The van der Waals surface area contributed by atoms with Gasteiger partial charge in [-0.2, -0.15) is 0 Å². The number of nitrogens with two attached hydrogens (primary N) is 1. The second-order valence-electron chi connectivity index (χ2n) is 4.86. The maximum atomic E-state index is 11.7. The summed E-state index contributed by atoms with van der Waals surface area (Å²) in [5.41, 5.74) is 6.70. The number of aromatic nitrogens is 4. The van der Waals surface area contributed by atoms with Gasteiger partial charge in [0.15, 0.2) is 11.5 Å². The van der Waals surface area contributed by atoms with Gasteiger partial charge in [0.05, 0.1) is 20.5 Å². The quantitative estimate of drug-likeness (QED) is 0.702. The Kier molecular flexibility index (Phi) is 3.52. The zero-order valence-electron chi connectivity index (χ0n) is 12.5. The van der Waals surface area contributed by atoms with Crippen LogP contribution in [0.5, 0.6) is 0 Å². The molecule has 1 aliphatic heterocycles. The molecular weight excluding hydrogens is 306 g/mol. The summed E-state index contributed by atoms with van der Waals surface area (Å²) in [6.07, 6.45) is 2.86. The van der Waals surface area contributed by atoms with E-state index in [9.17, 15) is 9.90 Å². The molecule has 10 nitrogen and oxygen atoms in total. The van der Waals surface area contributed by atoms with Crippen molar-refractivity contribution in [1.29, 1.82) is 0 Å². The Hall–Kier alpha value is -2.88. The van der Waals surface area contributed by atoms with Crippen LogP contribution in [-0.4, -0.2) is 50.6 Å². The van der Waals surface area contributed by atoms with E-state index in [0.29, 0.717) is 11.2 Å². The summed E-state index contributed by atoms with van der Waals surface area (Å²) in [6, 6.07) is 0. The fourth-order valence-electron chi connectivity index (χ4n) is 2.44. The molecule has 23 heavy (non-hydrogen) atoms. The Morgan fingerprint density at radius 3 is 2.83 bits per heavy atom. The molecule has 3 rings (SSSR count). The van der Waals surface area contributed by atoms with Crippen molar-refractivity contribution in [2.45, 2.75) is 18.8 Å². The van der Waals surface area contributed by atoms with Gasteiger partial charge in [-0.15, -0.1) is 0 Å². The number of hydrogen-bond acceptors (Lipinski definition) is 9. The van der Waals surface area contributed by atoms with Gasteiger partial charge in [-0.05, 0) is 0 Å². The number of methoxy groups -OCH3 is 2. The summed E-state index contributed by atoms with van der Waals surface area (Å²) in [5.74, 6) is -2.65. The van der Waals surface area contributed by atoms with E-state index < -0.39 is 11.8 Å². The van der Waals surface area contributed by atoms with E-state index in [1.165, 1.54) is 26.9 Å². The SMILES string of the molecule is COC1=C(OC)[C@@](O)(CCn2cnc3c(N)ncnc32)OC1=O. The van der Waals surface area contributed by atoms with E-state index in [1.807, 2.05) is 0 Å². The first-order chi connectivity index (χ1) is 11.0. The van der Waals surface area contributed by atoms with Crippen molar-refractivity contribution in [3.8, 4) is 0 Å². The number of aliphatic hydroxyl groups is 1. The molecule has 122 valence electrons. The van der Waals surface area contributed by atoms with E-state index >= 15 is 0 Å². The van der Waals surface area contributed by atoms with Gasteiger partial charge in [0.2, 0.25) is 11.5 Å². The molecule has 0 aromatic carbocycles. The number of anilines is 1. The monoisotopic (exact) mass is 321 g/mol. The van der Waals surface area contributed by atoms with Crippen LogP contribution in [0.1, 0.15) is 6.42 Å². The standard InChI is InChI=1S/C13H15N5O5/c1-21-8-9(22-2)13(20,23-12(8)19)3-4-18-6-17-7-10(14)15-5-16-11(7)18/h5-6,20H,3-4H2,1-2H3,(H2,14,15,16)/t13-/m1/s1. The number of fused-ring (bicyclic) bond motifs is 1. The molecule has 0 bridgehead atoms. The first kappa shape index (κ1) is 15.0. The van der Waals surface area contributed by atoms with E-state index in [1.54, 1.807) is 4.57 Å². The smallest absolute Gasteiger partial charge is 0.380 e. The van der Waals surface area contributed by atoms with Crippen LogP contribution in [0.4, 0.5) is 5.82 Å². The predicted molar refractivity (Wildman–Crippen MR) is 76.4 cm³/mol. The lowest BCUT2D eigenvalue weighted by Gasteiger charge is -2.23. The van der Waals surface area contributed by atoms with Gasteiger partial charge in [-0.25, -0.2) is 19.7 Å². The number of aryl methyl sites for hydroxylation is 1. The Morgan fingerprint density at radius 1 is 1.35 bits per heavy atom. The number of nitrogens with zero attached hydrogens (tertiary/aromatic N) is 4. The van der Waals surface area contributed by atoms with Gasteiger partial charge in [-0.1, -0.05) is 0 Å². The lowest BCUT2D eigenvalue weighted by Crippen LogP contribution is -2.34. The lowest BCUT2D eigenvalue weighted by atomic mass is 10.1. The molecule has 3 N–H and O–H groups in total.